The summed E-state index contributed by atoms with van der Waals surface area (Å²) in [5, 5.41) is 5.48. The third-order valence-electron chi connectivity index (χ3n) is 5.94. The number of ether oxygens (including phenoxy) is 1. The van der Waals surface area contributed by atoms with Gasteiger partial charge in [0.25, 0.3) is 5.56 Å². The summed E-state index contributed by atoms with van der Waals surface area (Å²) in [6, 6.07) is 5.65. The lowest BCUT2D eigenvalue weighted by Crippen LogP contribution is -2.42. The Morgan fingerprint density at radius 1 is 1.29 bits per heavy atom. The van der Waals surface area contributed by atoms with Crippen molar-refractivity contribution < 1.29 is 14.3 Å². The molecule has 3 heterocycles. The van der Waals surface area contributed by atoms with Crippen LogP contribution >= 0.6 is 0 Å². The van der Waals surface area contributed by atoms with E-state index in [1.807, 2.05) is 17.9 Å². The highest BCUT2D eigenvalue weighted by atomic mass is 16.5. The average molecular weight is 425 g/mol. The molecule has 1 saturated heterocycles. The highest BCUT2D eigenvalue weighted by Gasteiger charge is 2.36. The van der Waals surface area contributed by atoms with Gasteiger partial charge < -0.3 is 20.3 Å². The van der Waals surface area contributed by atoms with Crippen molar-refractivity contribution in [1.29, 1.82) is 0 Å². The summed E-state index contributed by atoms with van der Waals surface area (Å²) in [6.07, 6.45) is 3.03. The smallest absolute Gasteiger partial charge is 0.258 e. The van der Waals surface area contributed by atoms with Gasteiger partial charge in [-0.2, -0.15) is 4.98 Å². The van der Waals surface area contributed by atoms with Crippen LogP contribution in [0, 0.1) is 6.92 Å². The van der Waals surface area contributed by atoms with E-state index >= 15 is 0 Å². The largest absolute Gasteiger partial charge is 0.495 e. The van der Waals surface area contributed by atoms with Gasteiger partial charge in [-0.05, 0) is 50.8 Å². The van der Waals surface area contributed by atoms with Gasteiger partial charge in [-0.15, -0.1) is 0 Å². The van der Waals surface area contributed by atoms with Crippen LogP contribution in [0.4, 0.5) is 17.5 Å². The maximum absolute atomic E-state index is 13.1. The van der Waals surface area contributed by atoms with Crippen LogP contribution in [0.3, 0.4) is 0 Å². The molecule has 9 heteroatoms. The zero-order chi connectivity index (χ0) is 22.1. The van der Waals surface area contributed by atoms with Crippen LogP contribution in [0.2, 0.25) is 0 Å². The maximum Gasteiger partial charge on any atom is 0.258 e. The summed E-state index contributed by atoms with van der Waals surface area (Å²) in [6.45, 7) is 4.77. The van der Waals surface area contributed by atoms with Gasteiger partial charge >= 0.3 is 0 Å². The molecule has 9 nitrogen and oxygen atoms in total. The molecule has 2 amide bonds. The molecule has 164 valence electrons. The number of piperidine rings is 1. The van der Waals surface area contributed by atoms with E-state index in [1.54, 1.807) is 12.1 Å². The number of aryl methyl sites for hydroxylation is 1. The number of amides is 2. The van der Waals surface area contributed by atoms with Crippen LogP contribution in [0.25, 0.3) is 0 Å². The molecule has 1 fully saturated rings. The van der Waals surface area contributed by atoms with E-state index in [1.165, 1.54) is 7.11 Å². The first-order valence-electron chi connectivity index (χ1n) is 10.5. The van der Waals surface area contributed by atoms with Gasteiger partial charge in [0.05, 0.1) is 24.3 Å². The SMILES string of the molecule is COc1ccc(C)cc1NC(=O)C1CC(=O)Nc2nc(N3CCCCC3C)[nH]c(=O)c21. The highest BCUT2D eigenvalue weighted by Crippen LogP contribution is 2.33. The van der Waals surface area contributed by atoms with Gasteiger partial charge in [0.2, 0.25) is 17.8 Å². The van der Waals surface area contributed by atoms with Crippen molar-refractivity contribution >= 4 is 29.3 Å². The first-order valence-corrected chi connectivity index (χ1v) is 10.5. The number of carbonyl (C=O) groups is 2. The second-order valence-corrected chi connectivity index (χ2v) is 8.19. The molecule has 2 aromatic rings. The van der Waals surface area contributed by atoms with Crippen molar-refractivity contribution in [2.45, 2.75) is 51.5 Å². The van der Waals surface area contributed by atoms with E-state index < -0.39 is 17.4 Å². The standard InChI is InChI=1S/C22H27N5O4/c1-12-7-8-16(31-3)15(10-12)23-20(29)14-11-17(28)24-19-18(14)21(30)26-22(25-19)27-9-5-4-6-13(27)2/h7-8,10,13-14H,4-6,9,11H2,1-3H3,(H,23,29)(H2,24,25,26,28,30). The monoisotopic (exact) mass is 425 g/mol. The fourth-order valence-electron chi connectivity index (χ4n) is 4.27. The van der Waals surface area contributed by atoms with Crippen LogP contribution in [-0.4, -0.2) is 41.5 Å². The Kier molecular flexibility index (Phi) is 5.67. The Morgan fingerprint density at radius 3 is 2.84 bits per heavy atom. The number of aromatic nitrogens is 2. The molecule has 0 radical (unpaired) electrons. The lowest BCUT2D eigenvalue weighted by atomic mass is 9.92. The van der Waals surface area contributed by atoms with Crippen LogP contribution in [0.15, 0.2) is 23.0 Å². The minimum absolute atomic E-state index is 0.128. The lowest BCUT2D eigenvalue weighted by Gasteiger charge is -2.34. The third kappa shape index (κ3) is 4.12. The number of carbonyl (C=O) groups excluding carboxylic acids is 2. The van der Waals surface area contributed by atoms with Crippen molar-refractivity contribution in [3.8, 4) is 5.75 Å². The molecule has 2 atom stereocenters. The number of nitrogens with zero attached hydrogens (tertiary/aromatic N) is 2. The molecule has 0 saturated carbocycles. The molecule has 1 aromatic carbocycles. The fourth-order valence-corrected chi connectivity index (χ4v) is 4.27. The van der Waals surface area contributed by atoms with E-state index in [0.717, 1.165) is 31.4 Å². The summed E-state index contributed by atoms with van der Waals surface area (Å²) in [5.41, 5.74) is 1.20. The molecule has 4 rings (SSSR count). The van der Waals surface area contributed by atoms with E-state index in [4.69, 9.17) is 4.74 Å². The third-order valence-corrected chi connectivity index (χ3v) is 5.94. The Balaban J connectivity index is 1.67. The van der Waals surface area contributed by atoms with Crippen LogP contribution in [-0.2, 0) is 9.59 Å². The molecular weight excluding hydrogens is 398 g/mol. The normalized spacial score (nSPS) is 20.6. The van der Waals surface area contributed by atoms with Crippen molar-refractivity contribution in [2.24, 2.45) is 0 Å². The summed E-state index contributed by atoms with van der Waals surface area (Å²) in [7, 11) is 1.52. The summed E-state index contributed by atoms with van der Waals surface area (Å²) >= 11 is 0. The average Bonchev–Trinajstić information content (AvgIpc) is 2.73. The number of hydrogen-bond acceptors (Lipinski definition) is 6. The lowest BCUT2D eigenvalue weighted by molar-refractivity contribution is -0.123. The predicted octanol–water partition coefficient (Wildman–Crippen LogP) is 2.53. The van der Waals surface area contributed by atoms with E-state index in [0.29, 0.717) is 17.4 Å². The minimum Gasteiger partial charge on any atom is -0.495 e. The molecule has 1 aromatic heterocycles. The Labute approximate surface area is 180 Å². The van der Waals surface area contributed by atoms with Gasteiger partial charge in [0, 0.05) is 19.0 Å². The second-order valence-electron chi connectivity index (χ2n) is 8.19. The number of hydrogen-bond donors (Lipinski definition) is 3. The molecule has 3 N–H and O–H groups in total. The van der Waals surface area contributed by atoms with E-state index in [-0.39, 0.29) is 29.8 Å². The predicted molar refractivity (Wildman–Crippen MR) is 118 cm³/mol. The molecule has 2 aliphatic heterocycles. The summed E-state index contributed by atoms with van der Waals surface area (Å²) in [4.78, 5) is 47.9. The molecule has 2 unspecified atom stereocenters. The molecule has 2 aliphatic rings. The van der Waals surface area contributed by atoms with Crippen LogP contribution in [0.1, 0.15) is 49.7 Å². The number of nitrogens with one attached hydrogen (secondary N) is 3. The van der Waals surface area contributed by atoms with Gasteiger partial charge in [-0.25, -0.2) is 0 Å². The number of methoxy groups -OCH3 is 1. The topological polar surface area (TPSA) is 116 Å². The summed E-state index contributed by atoms with van der Waals surface area (Å²) < 4.78 is 5.32. The zero-order valence-corrected chi connectivity index (χ0v) is 17.9. The Bertz CT molecular complexity index is 1080. The fraction of sp³-hybridized carbons (Fsp3) is 0.455. The van der Waals surface area contributed by atoms with E-state index in [2.05, 4.69) is 27.5 Å². The maximum atomic E-state index is 13.1. The highest BCUT2D eigenvalue weighted by molar-refractivity contribution is 6.05. The number of anilines is 3. The number of benzene rings is 1. The van der Waals surface area contributed by atoms with Gasteiger partial charge in [0.15, 0.2) is 0 Å². The molecule has 0 aliphatic carbocycles. The minimum atomic E-state index is -0.946. The molecule has 0 bridgehead atoms. The molecule has 31 heavy (non-hydrogen) atoms. The number of aromatic amines is 1. The van der Waals surface area contributed by atoms with Crippen molar-refractivity contribution in [3.05, 3.63) is 39.7 Å². The quantitative estimate of drug-likeness (QED) is 0.693. The van der Waals surface area contributed by atoms with Gasteiger partial charge in [-0.1, -0.05) is 6.07 Å². The van der Waals surface area contributed by atoms with Crippen molar-refractivity contribution in [1.82, 2.24) is 9.97 Å². The molecule has 0 spiro atoms. The Morgan fingerprint density at radius 2 is 2.10 bits per heavy atom. The number of fused-ring (bicyclic) bond motifs is 1. The number of rotatable bonds is 4. The number of H-pyrrole nitrogens is 1. The van der Waals surface area contributed by atoms with Crippen molar-refractivity contribution in [3.63, 3.8) is 0 Å². The van der Waals surface area contributed by atoms with Gasteiger partial charge in [-0.3, -0.25) is 19.4 Å². The first kappa shape index (κ1) is 20.9. The zero-order valence-electron chi connectivity index (χ0n) is 17.9. The van der Waals surface area contributed by atoms with Gasteiger partial charge in [0.1, 0.15) is 11.6 Å². The second kappa shape index (κ2) is 8.41. The van der Waals surface area contributed by atoms with E-state index in [9.17, 15) is 14.4 Å². The van der Waals surface area contributed by atoms with Crippen molar-refractivity contribution in [2.75, 3.05) is 29.2 Å². The summed E-state index contributed by atoms with van der Waals surface area (Å²) in [5.74, 6) is -0.660. The Hall–Kier alpha value is -3.36. The first-order chi connectivity index (χ1) is 14.9. The van der Waals surface area contributed by atoms with Crippen LogP contribution < -0.4 is 25.8 Å². The van der Waals surface area contributed by atoms with Crippen LogP contribution in [0.5, 0.6) is 5.75 Å². The molecular formula is C22H27N5O4.